The largest absolute Gasteiger partial charge is 0.345 e. The molecule has 88 valence electrons. The minimum atomic E-state index is -3.01. The van der Waals surface area contributed by atoms with Gasteiger partial charge in [-0.3, -0.25) is 4.79 Å². The average Bonchev–Trinajstić information content (AvgIpc) is 2.83. The van der Waals surface area contributed by atoms with E-state index in [1.165, 1.54) is 0 Å². The number of alkyl halides is 2. The first-order valence-electron chi connectivity index (χ1n) is 4.84. The minimum Gasteiger partial charge on any atom is -0.345 e. The van der Waals surface area contributed by atoms with Gasteiger partial charge in [-0.05, 0) is 17.7 Å². The molecule has 0 atom stereocenters. The number of nitrogens with one attached hydrogen (secondary N) is 2. The Balaban J connectivity index is 2.11. The zero-order chi connectivity index (χ0) is 12.3. The van der Waals surface area contributed by atoms with Gasteiger partial charge in [-0.15, -0.1) is 0 Å². The molecular formula is C11H9F2N3O. The van der Waals surface area contributed by atoms with Gasteiger partial charge < -0.3 is 10.3 Å². The maximum Gasteiger partial charge on any atom is 0.315 e. The molecule has 0 saturated carbocycles. The number of rotatable bonds is 3. The van der Waals surface area contributed by atoms with E-state index in [-0.39, 0.29) is 0 Å². The second-order valence-corrected chi connectivity index (χ2v) is 3.33. The Morgan fingerprint density at radius 1 is 1.29 bits per heavy atom. The fraction of sp³-hybridized carbons (Fsp3) is 0.0909. The first-order valence-corrected chi connectivity index (χ1v) is 4.84. The maximum absolute atomic E-state index is 12.0. The van der Waals surface area contributed by atoms with Gasteiger partial charge in [0.1, 0.15) is 0 Å². The number of halogens is 2. The third-order valence-electron chi connectivity index (χ3n) is 2.16. The summed E-state index contributed by atoms with van der Waals surface area (Å²) in [5.41, 5.74) is 2.01. The smallest absolute Gasteiger partial charge is 0.315 e. The highest BCUT2D eigenvalue weighted by atomic mass is 19.3. The Morgan fingerprint density at radius 3 is 2.53 bits per heavy atom. The molecule has 17 heavy (non-hydrogen) atoms. The highest BCUT2D eigenvalue weighted by Gasteiger charge is 2.14. The van der Waals surface area contributed by atoms with Crippen molar-refractivity contribution < 1.29 is 13.6 Å². The molecule has 0 fully saturated rings. The number of carbonyl (C=O) groups excluding carboxylic acids is 1. The van der Waals surface area contributed by atoms with E-state index in [2.05, 4.69) is 15.3 Å². The molecule has 0 saturated heterocycles. The predicted octanol–water partition coefficient (Wildman–Crippen LogP) is 2.28. The summed E-state index contributed by atoms with van der Waals surface area (Å²) in [4.78, 5) is 17.5. The van der Waals surface area contributed by atoms with Crippen LogP contribution < -0.4 is 5.32 Å². The lowest BCUT2D eigenvalue weighted by Crippen LogP contribution is -2.19. The maximum atomic E-state index is 12.0. The Labute approximate surface area is 95.7 Å². The molecular weight excluding hydrogens is 228 g/mol. The molecule has 0 aliphatic rings. The second kappa shape index (κ2) is 4.73. The van der Waals surface area contributed by atoms with E-state index >= 15 is 0 Å². The van der Waals surface area contributed by atoms with Crippen LogP contribution in [0.1, 0.15) is 0 Å². The number of hydrogen-bond donors (Lipinski definition) is 2. The van der Waals surface area contributed by atoms with Crippen molar-refractivity contribution in [2.75, 3.05) is 5.32 Å². The van der Waals surface area contributed by atoms with Gasteiger partial charge in [0.2, 0.25) is 0 Å². The van der Waals surface area contributed by atoms with Crippen molar-refractivity contribution in [1.29, 1.82) is 0 Å². The number of aromatic amines is 1. The molecule has 0 spiro atoms. The van der Waals surface area contributed by atoms with Crippen molar-refractivity contribution in [2.24, 2.45) is 0 Å². The summed E-state index contributed by atoms with van der Waals surface area (Å²) in [6, 6.07) is 6.51. The van der Waals surface area contributed by atoms with Gasteiger partial charge in [0.25, 0.3) is 5.91 Å². The Hall–Kier alpha value is -2.24. The van der Waals surface area contributed by atoms with Crippen molar-refractivity contribution in [2.45, 2.75) is 6.43 Å². The molecule has 1 heterocycles. The fourth-order valence-electron chi connectivity index (χ4n) is 1.34. The number of aromatic nitrogens is 2. The normalized spacial score (nSPS) is 10.5. The molecule has 2 aromatic rings. The number of amides is 1. The Morgan fingerprint density at radius 2 is 2.00 bits per heavy atom. The molecule has 2 rings (SSSR count). The summed E-state index contributed by atoms with van der Waals surface area (Å²) >= 11 is 0. The quantitative estimate of drug-likeness (QED) is 0.860. The first kappa shape index (κ1) is 11.3. The number of carbonyl (C=O) groups is 1. The number of nitrogens with zero attached hydrogens (tertiary/aromatic N) is 1. The van der Waals surface area contributed by atoms with Crippen molar-refractivity contribution in [1.82, 2.24) is 9.97 Å². The monoisotopic (exact) mass is 237 g/mol. The molecule has 4 nitrogen and oxygen atoms in total. The van der Waals surface area contributed by atoms with Crippen LogP contribution in [-0.2, 0) is 4.79 Å². The SMILES string of the molecule is O=C(Nc1ccc(-c2cnc[nH]2)cc1)C(F)F. The highest BCUT2D eigenvalue weighted by Crippen LogP contribution is 2.18. The van der Waals surface area contributed by atoms with Crippen LogP contribution >= 0.6 is 0 Å². The summed E-state index contributed by atoms with van der Waals surface area (Å²) in [6.07, 6.45) is 0.177. The van der Waals surface area contributed by atoms with Gasteiger partial charge in [-0.2, -0.15) is 8.78 Å². The Kier molecular flexibility index (Phi) is 3.13. The van der Waals surface area contributed by atoms with E-state index in [4.69, 9.17) is 0 Å². The molecule has 0 aliphatic carbocycles. The van der Waals surface area contributed by atoms with Crippen molar-refractivity contribution >= 4 is 11.6 Å². The van der Waals surface area contributed by atoms with E-state index < -0.39 is 12.3 Å². The second-order valence-electron chi connectivity index (χ2n) is 3.33. The molecule has 0 aliphatic heterocycles. The van der Waals surface area contributed by atoms with Crippen LogP contribution in [0.3, 0.4) is 0 Å². The van der Waals surface area contributed by atoms with Crippen LogP contribution in [0.2, 0.25) is 0 Å². The molecule has 6 heteroatoms. The molecule has 1 aromatic heterocycles. The van der Waals surface area contributed by atoms with E-state index in [9.17, 15) is 13.6 Å². The van der Waals surface area contributed by atoms with E-state index in [1.807, 2.05) is 0 Å². The van der Waals surface area contributed by atoms with Crippen LogP contribution in [0.5, 0.6) is 0 Å². The standard InChI is InChI=1S/C11H9F2N3O/c12-10(13)11(17)16-8-3-1-7(2-4-8)9-5-14-6-15-9/h1-6,10H,(H,14,15)(H,16,17). The van der Waals surface area contributed by atoms with E-state index in [0.717, 1.165) is 11.3 Å². The van der Waals surface area contributed by atoms with Gasteiger partial charge in [-0.25, -0.2) is 4.98 Å². The number of imidazole rings is 1. The molecule has 1 aromatic carbocycles. The van der Waals surface area contributed by atoms with Crippen LogP contribution in [0.15, 0.2) is 36.8 Å². The number of hydrogen-bond acceptors (Lipinski definition) is 2. The van der Waals surface area contributed by atoms with Crippen molar-refractivity contribution in [3.8, 4) is 11.3 Å². The average molecular weight is 237 g/mol. The van der Waals surface area contributed by atoms with Gasteiger partial charge >= 0.3 is 6.43 Å². The topological polar surface area (TPSA) is 57.8 Å². The first-order chi connectivity index (χ1) is 8.16. The van der Waals surface area contributed by atoms with Crippen LogP contribution in [0.4, 0.5) is 14.5 Å². The fourth-order valence-corrected chi connectivity index (χ4v) is 1.34. The summed E-state index contributed by atoms with van der Waals surface area (Å²) in [5, 5.41) is 2.10. The lowest BCUT2D eigenvalue weighted by molar-refractivity contribution is -0.126. The third kappa shape index (κ3) is 2.66. The van der Waals surface area contributed by atoms with Gasteiger partial charge in [0.15, 0.2) is 0 Å². The molecule has 1 amide bonds. The molecule has 0 radical (unpaired) electrons. The van der Waals surface area contributed by atoms with Gasteiger partial charge in [-0.1, -0.05) is 12.1 Å². The molecule has 0 unspecified atom stereocenters. The molecule has 0 bridgehead atoms. The summed E-state index contributed by atoms with van der Waals surface area (Å²) in [6.45, 7) is 0. The number of H-pyrrole nitrogens is 1. The summed E-state index contributed by atoms with van der Waals surface area (Å²) < 4.78 is 24.0. The number of benzene rings is 1. The van der Waals surface area contributed by atoms with Crippen LogP contribution in [0.25, 0.3) is 11.3 Å². The predicted molar refractivity (Wildman–Crippen MR) is 58.7 cm³/mol. The summed E-state index contributed by atoms with van der Waals surface area (Å²) in [5.74, 6) is -1.31. The number of anilines is 1. The van der Waals surface area contributed by atoms with E-state index in [0.29, 0.717) is 5.69 Å². The third-order valence-corrected chi connectivity index (χ3v) is 2.16. The van der Waals surface area contributed by atoms with Gasteiger partial charge in [0, 0.05) is 5.69 Å². The minimum absolute atomic E-state index is 0.332. The zero-order valence-electron chi connectivity index (χ0n) is 8.65. The molecule has 2 N–H and O–H groups in total. The van der Waals surface area contributed by atoms with Crippen LogP contribution in [0, 0.1) is 0 Å². The lowest BCUT2D eigenvalue weighted by Gasteiger charge is -2.04. The van der Waals surface area contributed by atoms with E-state index in [1.54, 1.807) is 36.8 Å². The van der Waals surface area contributed by atoms with Crippen molar-refractivity contribution in [3.63, 3.8) is 0 Å². The lowest BCUT2D eigenvalue weighted by atomic mass is 10.1. The van der Waals surface area contributed by atoms with Crippen molar-refractivity contribution in [3.05, 3.63) is 36.8 Å². The Bertz CT molecular complexity index is 494. The zero-order valence-corrected chi connectivity index (χ0v) is 8.65. The van der Waals surface area contributed by atoms with Gasteiger partial charge in [0.05, 0.1) is 18.2 Å². The van der Waals surface area contributed by atoms with Crippen LogP contribution in [-0.4, -0.2) is 22.3 Å². The summed E-state index contributed by atoms with van der Waals surface area (Å²) in [7, 11) is 0. The highest BCUT2D eigenvalue weighted by molar-refractivity contribution is 5.93.